The third-order valence-corrected chi connectivity index (χ3v) is 4.35. The highest BCUT2D eigenvalue weighted by atomic mass is 79.9. The monoisotopic (exact) mass is 319 g/mol. The van der Waals surface area contributed by atoms with Crippen molar-refractivity contribution in [2.24, 2.45) is 0 Å². The van der Waals surface area contributed by atoms with Gasteiger partial charge in [-0.05, 0) is 42.1 Å². The third kappa shape index (κ3) is 4.00. The van der Waals surface area contributed by atoms with Crippen LogP contribution in [-0.2, 0) is 0 Å². The van der Waals surface area contributed by atoms with E-state index in [2.05, 4.69) is 58.7 Å². The molecule has 0 radical (unpaired) electrons. The zero-order valence-electron chi connectivity index (χ0n) is 11.2. The van der Waals surface area contributed by atoms with Gasteiger partial charge >= 0.3 is 0 Å². The van der Waals surface area contributed by atoms with Gasteiger partial charge in [0.15, 0.2) is 0 Å². The van der Waals surface area contributed by atoms with Crippen molar-refractivity contribution in [3.8, 4) is 0 Å². The molecule has 5 heteroatoms. The minimum atomic E-state index is 0.335. The van der Waals surface area contributed by atoms with E-state index in [0.717, 1.165) is 10.2 Å². The van der Waals surface area contributed by atoms with Crippen LogP contribution >= 0.6 is 27.7 Å². The van der Waals surface area contributed by atoms with E-state index in [1.165, 1.54) is 5.69 Å². The van der Waals surface area contributed by atoms with Gasteiger partial charge in [-0.1, -0.05) is 13.8 Å². The van der Waals surface area contributed by atoms with Gasteiger partial charge in [-0.3, -0.25) is 4.68 Å². The molecule has 0 saturated heterocycles. The maximum absolute atomic E-state index is 4.43. The van der Waals surface area contributed by atoms with E-state index in [-0.39, 0.29) is 0 Å². The number of hydrogen-bond donors (Lipinski definition) is 1. The molecule has 0 aliphatic rings. The van der Waals surface area contributed by atoms with Crippen LogP contribution in [0.4, 0.5) is 0 Å². The van der Waals surface area contributed by atoms with Crippen LogP contribution in [0.5, 0.6) is 0 Å². The molecule has 1 rings (SSSR count). The molecule has 1 aromatic rings. The number of hydrogen-bond acceptors (Lipinski definition) is 3. The van der Waals surface area contributed by atoms with E-state index in [9.17, 15) is 0 Å². The summed E-state index contributed by atoms with van der Waals surface area (Å²) >= 11 is 5.57. The van der Waals surface area contributed by atoms with Crippen LogP contribution in [0.3, 0.4) is 0 Å². The minimum absolute atomic E-state index is 0.335. The molecule has 0 bridgehead atoms. The second-order valence-electron chi connectivity index (χ2n) is 4.64. The van der Waals surface area contributed by atoms with Crippen molar-refractivity contribution in [1.82, 2.24) is 15.1 Å². The molecule has 0 spiro atoms. The van der Waals surface area contributed by atoms with Gasteiger partial charge in [0, 0.05) is 11.8 Å². The highest BCUT2D eigenvalue weighted by Gasteiger charge is 2.20. The zero-order valence-corrected chi connectivity index (χ0v) is 13.6. The summed E-state index contributed by atoms with van der Waals surface area (Å²) < 4.78 is 3.18. The predicted molar refractivity (Wildman–Crippen MR) is 79.7 cm³/mol. The van der Waals surface area contributed by atoms with Gasteiger partial charge < -0.3 is 5.32 Å². The first kappa shape index (κ1) is 15.1. The van der Waals surface area contributed by atoms with Gasteiger partial charge in [0.1, 0.15) is 0 Å². The highest BCUT2D eigenvalue weighted by molar-refractivity contribution is 9.10. The summed E-state index contributed by atoms with van der Waals surface area (Å²) in [4.78, 5) is 0. The van der Waals surface area contributed by atoms with E-state index in [0.29, 0.717) is 17.3 Å². The molecule has 0 fully saturated rings. The summed E-state index contributed by atoms with van der Waals surface area (Å²) in [6.07, 6.45) is 1.89. The molecular weight excluding hydrogens is 298 g/mol. The van der Waals surface area contributed by atoms with Crippen molar-refractivity contribution >= 4 is 27.7 Å². The van der Waals surface area contributed by atoms with E-state index in [1.807, 2.05) is 25.0 Å². The average Bonchev–Trinajstić information content (AvgIpc) is 2.62. The first-order valence-corrected chi connectivity index (χ1v) is 7.83. The number of nitrogens with one attached hydrogen (secondary N) is 1. The quantitative estimate of drug-likeness (QED) is 0.868. The minimum Gasteiger partial charge on any atom is -0.311 e. The van der Waals surface area contributed by atoms with Crippen LogP contribution < -0.4 is 5.32 Å². The summed E-state index contributed by atoms with van der Waals surface area (Å²) in [7, 11) is 2.01. The summed E-state index contributed by atoms with van der Waals surface area (Å²) in [5, 5.41) is 8.47. The second kappa shape index (κ2) is 6.81. The number of nitrogens with zero attached hydrogens (tertiary/aromatic N) is 2. The molecule has 98 valence electrons. The van der Waals surface area contributed by atoms with Gasteiger partial charge in [0.25, 0.3) is 0 Å². The van der Waals surface area contributed by atoms with E-state index in [4.69, 9.17) is 0 Å². The lowest BCUT2D eigenvalue weighted by molar-refractivity contribution is 0.476. The van der Waals surface area contributed by atoms with E-state index >= 15 is 0 Å². The molecule has 0 amide bonds. The number of rotatable bonds is 6. The van der Waals surface area contributed by atoms with Crippen LogP contribution in [0, 0.1) is 0 Å². The van der Waals surface area contributed by atoms with Crippen LogP contribution in [0.15, 0.2) is 10.7 Å². The maximum atomic E-state index is 4.43. The van der Waals surface area contributed by atoms with Gasteiger partial charge in [0.2, 0.25) is 0 Å². The Hall–Kier alpha value is 0. The molecule has 0 aliphatic heterocycles. The fourth-order valence-corrected chi connectivity index (χ4v) is 3.13. The SMILES string of the molecule is CNC(CSC(C)C)c1c(Br)cnn1C(C)C. The number of thioether (sulfide) groups is 1. The lowest BCUT2D eigenvalue weighted by Crippen LogP contribution is -2.24. The van der Waals surface area contributed by atoms with Crippen molar-refractivity contribution in [1.29, 1.82) is 0 Å². The fraction of sp³-hybridized carbons (Fsp3) is 0.750. The number of halogens is 1. The van der Waals surface area contributed by atoms with Gasteiger partial charge in [0.05, 0.1) is 22.4 Å². The van der Waals surface area contributed by atoms with Gasteiger partial charge in [-0.2, -0.15) is 16.9 Å². The largest absolute Gasteiger partial charge is 0.311 e. The summed E-state index contributed by atoms with van der Waals surface area (Å²) in [5.41, 5.74) is 1.25. The molecule has 17 heavy (non-hydrogen) atoms. The van der Waals surface area contributed by atoms with Crippen molar-refractivity contribution < 1.29 is 0 Å². The normalized spacial score (nSPS) is 13.6. The molecule has 1 unspecified atom stereocenters. The Bertz CT molecular complexity index is 350. The molecule has 3 nitrogen and oxygen atoms in total. The first-order chi connectivity index (χ1) is 7.97. The van der Waals surface area contributed by atoms with Gasteiger partial charge in [-0.25, -0.2) is 0 Å². The lowest BCUT2D eigenvalue weighted by atomic mass is 10.2. The Kier molecular flexibility index (Phi) is 6.03. The van der Waals surface area contributed by atoms with Crippen molar-refractivity contribution in [3.63, 3.8) is 0 Å². The summed E-state index contributed by atoms with van der Waals surface area (Å²) in [5.74, 6) is 1.06. The van der Waals surface area contributed by atoms with Crippen molar-refractivity contribution in [3.05, 3.63) is 16.4 Å². The average molecular weight is 320 g/mol. The van der Waals surface area contributed by atoms with E-state index in [1.54, 1.807) is 0 Å². The van der Waals surface area contributed by atoms with Crippen LogP contribution in [-0.4, -0.2) is 27.8 Å². The Morgan fingerprint density at radius 1 is 1.41 bits per heavy atom. The molecule has 0 saturated carbocycles. The molecule has 1 N–H and O–H groups in total. The molecular formula is C12H22BrN3S. The fourth-order valence-electron chi connectivity index (χ4n) is 1.68. The Morgan fingerprint density at radius 3 is 2.53 bits per heavy atom. The predicted octanol–water partition coefficient (Wildman–Crippen LogP) is 3.63. The molecule has 1 atom stereocenters. The first-order valence-electron chi connectivity index (χ1n) is 5.99. The molecule has 0 aliphatic carbocycles. The standard InChI is InChI=1S/C12H22BrN3S/c1-8(2)16-12(10(13)6-15-16)11(14-5)7-17-9(3)4/h6,8-9,11,14H,7H2,1-5H3. The Balaban J connectivity index is 2.90. The lowest BCUT2D eigenvalue weighted by Gasteiger charge is -2.21. The Labute approximate surface area is 117 Å². The van der Waals surface area contributed by atoms with Crippen LogP contribution in [0.1, 0.15) is 45.5 Å². The molecule has 0 aromatic carbocycles. The third-order valence-electron chi connectivity index (χ3n) is 2.55. The van der Waals surface area contributed by atoms with E-state index < -0.39 is 0 Å². The molecule has 1 heterocycles. The topological polar surface area (TPSA) is 29.9 Å². The zero-order chi connectivity index (χ0) is 13.0. The summed E-state index contributed by atoms with van der Waals surface area (Å²) in [6.45, 7) is 8.77. The van der Waals surface area contributed by atoms with Crippen molar-refractivity contribution in [2.75, 3.05) is 12.8 Å². The highest BCUT2D eigenvalue weighted by Crippen LogP contribution is 2.28. The van der Waals surface area contributed by atoms with Crippen molar-refractivity contribution in [2.45, 2.75) is 45.0 Å². The maximum Gasteiger partial charge on any atom is 0.0707 e. The second-order valence-corrected chi connectivity index (χ2v) is 7.10. The number of aromatic nitrogens is 2. The smallest absolute Gasteiger partial charge is 0.0707 e. The summed E-state index contributed by atoms with van der Waals surface area (Å²) in [6, 6.07) is 0.720. The Morgan fingerprint density at radius 2 is 2.06 bits per heavy atom. The molecule has 1 aromatic heterocycles. The van der Waals surface area contributed by atoms with Gasteiger partial charge in [-0.15, -0.1) is 0 Å². The van der Waals surface area contributed by atoms with Crippen LogP contribution in [0.2, 0.25) is 0 Å². The van der Waals surface area contributed by atoms with Crippen LogP contribution in [0.25, 0.3) is 0 Å².